The number of nitrogens with one attached hydrogen (secondary N) is 2. The summed E-state index contributed by atoms with van der Waals surface area (Å²) < 4.78 is 24.8. The Morgan fingerprint density at radius 1 is 1.29 bits per heavy atom. The van der Waals surface area contributed by atoms with Gasteiger partial charge in [-0.25, -0.2) is 4.68 Å². The molecule has 1 saturated carbocycles. The largest absolute Gasteiger partial charge is 0.393 e. The maximum atomic E-state index is 12.3. The van der Waals surface area contributed by atoms with Crippen LogP contribution < -0.4 is 5.32 Å². The molecule has 5 rings (SSSR count). The van der Waals surface area contributed by atoms with Crippen LogP contribution in [0.3, 0.4) is 0 Å². The number of rotatable bonds is 11. The Morgan fingerprint density at radius 3 is 2.71 bits per heavy atom. The van der Waals surface area contributed by atoms with Crippen molar-refractivity contribution in [2.45, 2.75) is 55.6 Å². The van der Waals surface area contributed by atoms with Crippen LogP contribution in [0.1, 0.15) is 31.3 Å². The average Bonchev–Trinajstić information content (AvgIpc) is 3.56. The van der Waals surface area contributed by atoms with Crippen molar-refractivity contribution in [1.29, 1.82) is 0 Å². The Hall–Kier alpha value is -2.34. The highest BCUT2D eigenvalue weighted by molar-refractivity contribution is 7.53. The molecule has 0 unspecified atom stereocenters. The first-order valence-corrected chi connectivity index (χ1v) is 13.8. The minimum absolute atomic E-state index is 0.0564. The van der Waals surface area contributed by atoms with Gasteiger partial charge in [-0.3, -0.25) is 4.57 Å². The van der Waals surface area contributed by atoms with Gasteiger partial charge in [0.25, 0.3) is 0 Å². The van der Waals surface area contributed by atoms with Crippen molar-refractivity contribution in [2.24, 2.45) is 5.92 Å². The van der Waals surface area contributed by atoms with E-state index in [2.05, 4.69) is 41.0 Å². The molecule has 0 amide bonds. The molecule has 19 heteroatoms. The third-order valence-electron chi connectivity index (χ3n) is 6.91. The van der Waals surface area contributed by atoms with E-state index in [0.717, 1.165) is 12.8 Å². The van der Waals surface area contributed by atoms with Gasteiger partial charge in [-0.1, -0.05) is 11.6 Å². The molecule has 1 aliphatic carbocycles. The summed E-state index contributed by atoms with van der Waals surface area (Å²) in [5.74, 6) is 0.903. The number of aliphatic hydroxyl groups excluding tert-OH is 3. The number of halogens is 1. The van der Waals surface area contributed by atoms with Gasteiger partial charge in [0, 0.05) is 6.54 Å². The third-order valence-corrected chi connectivity index (χ3v) is 8.56. The van der Waals surface area contributed by atoms with Gasteiger partial charge >= 0.3 is 7.60 Å². The van der Waals surface area contributed by atoms with Crippen molar-refractivity contribution in [2.75, 3.05) is 25.1 Å². The number of fused-ring (bicyclic) bond motifs is 1. The van der Waals surface area contributed by atoms with Gasteiger partial charge in [0.15, 0.2) is 23.0 Å². The number of anilines is 1. The van der Waals surface area contributed by atoms with E-state index in [1.54, 1.807) is 0 Å². The second-order valence-electron chi connectivity index (χ2n) is 9.36. The summed E-state index contributed by atoms with van der Waals surface area (Å²) in [7, 11) is -5.11. The number of hydrogen-bond donors (Lipinski definition) is 7. The van der Waals surface area contributed by atoms with Crippen LogP contribution in [-0.2, 0) is 20.5 Å². The maximum absolute atomic E-state index is 12.3. The highest BCUT2D eigenvalue weighted by atomic mass is 35.5. The lowest BCUT2D eigenvalue weighted by molar-refractivity contribution is -0.109. The van der Waals surface area contributed by atoms with Crippen molar-refractivity contribution < 1.29 is 39.1 Å². The fraction of sp³-hybridized carbons (Fsp3) is 0.684. The molecule has 3 aromatic heterocycles. The Kier molecular flexibility index (Phi) is 7.65. The Balaban J connectivity index is 1.34. The maximum Gasteiger partial charge on any atom is 0.359 e. The topological polar surface area (TPSA) is 247 Å². The molecule has 7 N–H and O–H groups in total. The number of ether oxygens (including phenoxy) is 2. The number of nitrogens with zero attached hydrogens (tertiary/aromatic N) is 7. The Labute approximate surface area is 219 Å². The highest BCUT2D eigenvalue weighted by Gasteiger charge is 2.52. The Bertz CT molecular complexity index is 1300. The van der Waals surface area contributed by atoms with Crippen molar-refractivity contribution in [3.63, 3.8) is 0 Å². The minimum Gasteiger partial charge on any atom is -0.393 e. The molecule has 0 aromatic carbocycles. The number of tetrazole rings is 1. The van der Waals surface area contributed by atoms with Crippen LogP contribution in [0.4, 0.5) is 5.82 Å². The van der Waals surface area contributed by atoms with Crippen molar-refractivity contribution in [1.82, 2.24) is 40.4 Å². The molecule has 0 spiro atoms. The summed E-state index contributed by atoms with van der Waals surface area (Å²) in [4.78, 5) is 28.3. The monoisotopic (exact) mass is 575 g/mol. The minimum atomic E-state index is -5.11. The average molecular weight is 576 g/mol. The zero-order valence-corrected chi connectivity index (χ0v) is 21.5. The van der Waals surface area contributed by atoms with Crippen LogP contribution in [0, 0.1) is 5.92 Å². The fourth-order valence-corrected chi connectivity index (χ4v) is 5.34. The molecule has 0 bridgehead atoms. The van der Waals surface area contributed by atoms with Gasteiger partial charge in [-0.15, -0.1) is 10.2 Å². The van der Waals surface area contributed by atoms with Crippen molar-refractivity contribution >= 4 is 36.0 Å². The van der Waals surface area contributed by atoms with Crippen molar-refractivity contribution in [3.05, 3.63) is 17.3 Å². The van der Waals surface area contributed by atoms with E-state index in [0.29, 0.717) is 23.7 Å². The van der Waals surface area contributed by atoms with Gasteiger partial charge in [-0.2, -0.15) is 20.3 Å². The predicted octanol–water partition coefficient (Wildman–Crippen LogP) is -1.05. The number of H-pyrrole nitrogens is 1. The first-order valence-electron chi connectivity index (χ1n) is 11.8. The van der Waals surface area contributed by atoms with Crippen LogP contribution in [0.15, 0.2) is 6.20 Å². The van der Waals surface area contributed by atoms with Gasteiger partial charge in [-0.05, 0) is 30.4 Å². The standard InChI is InChI=1S/C19H27ClN9O8P/c20-18-23-15(21-5-9-2-1-3-9)10-6-22-29(16(10)24-18)17-14(32)13(31)11(37-17)7-36-19(8-30,38(33,34)35)4-12-25-27-28-26-12/h6,9,11,13-14,17,30-32H,1-5,7-8H2,(H,21,23,24)(H2,33,34,35)(H,25,26,27,28)/t11-,13-,14-,17-,19+/m1/s1. The third kappa shape index (κ3) is 5.13. The van der Waals surface area contributed by atoms with E-state index in [1.165, 1.54) is 17.3 Å². The highest BCUT2D eigenvalue weighted by Crippen LogP contribution is 2.53. The van der Waals surface area contributed by atoms with Crippen LogP contribution in [-0.4, -0.2) is 109 Å². The Morgan fingerprint density at radius 2 is 2.08 bits per heavy atom. The molecule has 3 aromatic rings. The van der Waals surface area contributed by atoms with E-state index in [-0.39, 0.29) is 16.8 Å². The lowest BCUT2D eigenvalue weighted by Gasteiger charge is -2.32. The molecule has 38 heavy (non-hydrogen) atoms. The zero-order chi connectivity index (χ0) is 27.1. The fourth-order valence-electron chi connectivity index (χ4n) is 4.40. The van der Waals surface area contributed by atoms with E-state index in [4.69, 9.17) is 21.1 Å². The lowest BCUT2D eigenvalue weighted by Crippen LogP contribution is -2.43. The molecule has 0 radical (unpaired) electrons. The second-order valence-corrected chi connectivity index (χ2v) is 11.6. The van der Waals surface area contributed by atoms with E-state index >= 15 is 0 Å². The lowest BCUT2D eigenvalue weighted by atomic mass is 9.85. The SMILES string of the molecule is O=P(O)(O)[C@](CO)(Cc1nn[nH]n1)OC[C@H]1O[C@@H](n2ncc3c(NCC4CCC4)nc(Cl)nc32)[C@H](O)[C@@H]1O. The number of aromatic amines is 1. The molecule has 2 aliphatic rings. The summed E-state index contributed by atoms with van der Waals surface area (Å²) in [6.45, 7) is -0.998. The number of aromatic nitrogens is 8. The molecule has 208 valence electrons. The smallest absolute Gasteiger partial charge is 0.359 e. The molecular formula is C19H27ClN9O8P. The van der Waals surface area contributed by atoms with Crippen LogP contribution in [0.5, 0.6) is 0 Å². The normalized spacial score (nSPS) is 25.9. The van der Waals surface area contributed by atoms with E-state index < -0.39 is 57.1 Å². The van der Waals surface area contributed by atoms with E-state index in [1.807, 2.05) is 0 Å². The molecular weight excluding hydrogens is 549 g/mol. The molecule has 5 atom stereocenters. The van der Waals surface area contributed by atoms with Crippen LogP contribution >= 0.6 is 19.2 Å². The predicted molar refractivity (Wildman–Crippen MR) is 128 cm³/mol. The van der Waals surface area contributed by atoms with Crippen LogP contribution in [0.2, 0.25) is 5.28 Å². The number of hydrogen-bond acceptors (Lipinski definition) is 13. The second kappa shape index (κ2) is 10.7. The molecule has 2 fully saturated rings. The van der Waals surface area contributed by atoms with E-state index in [9.17, 15) is 29.7 Å². The summed E-state index contributed by atoms with van der Waals surface area (Å²) >= 11 is 6.14. The van der Waals surface area contributed by atoms with Gasteiger partial charge in [0.2, 0.25) is 5.28 Å². The molecule has 17 nitrogen and oxygen atoms in total. The zero-order valence-electron chi connectivity index (χ0n) is 19.8. The van der Waals surface area contributed by atoms with Gasteiger partial charge in [0.1, 0.15) is 24.1 Å². The number of aliphatic hydroxyl groups is 3. The van der Waals surface area contributed by atoms with Gasteiger partial charge < -0.3 is 39.9 Å². The molecule has 1 aliphatic heterocycles. The summed E-state index contributed by atoms with van der Waals surface area (Å²) in [5.41, 5.74) is 0.246. The van der Waals surface area contributed by atoms with Crippen molar-refractivity contribution in [3.8, 4) is 0 Å². The van der Waals surface area contributed by atoms with Crippen LogP contribution in [0.25, 0.3) is 11.0 Å². The molecule has 4 heterocycles. The summed E-state index contributed by atoms with van der Waals surface area (Å²) in [5, 5.41) is 49.6. The quantitative estimate of drug-likeness (QED) is 0.106. The summed E-state index contributed by atoms with van der Waals surface area (Å²) in [6, 6.07) is 0. The summed E-state index contributed by atoms with van der Waals surface area (Å²) in [6.07, 6.45) is -1.19. The first-order chi connectivity index (χ1) is 18.1. The first kappa shape index (κ1) is 27.2. The van der Waals surface area contributed by atoms with Gasteiger partial charge in [0.05, 0.1) is 31.2 Å². The molecule has 1 saturated heterocycles.